The highest BCUT2D eigenvalue weighted by molar-refractivity contribution is 7.22. The maximum Gasteiger partial charge on any atom is 0.233 e. The summed E-state index contributed by atoms with van der Waals surface area (Å²) in [5.41, 5.74) is 1.58. The number of rotatable bonds is 6. The maximum absolute atomic E-state index is 13.3. The Kier molecular flexibility index (Phi) is 4.76. The first kappa shape index (κ1) is 18.5. The number of aromatic nitrogens is 1. The molecule has 30 heavy (non-hydrogen) atoms. The fourth-order valence-corrected chi connectivity index (χ4v) is 4.33. The van der Waals surface area contributed by atoms with Gasteiger partial charge in [-0.2, -0.15) is 0 Å². The molecule has 1 aliphatic heterocycles. The van der Waals surface area contributed by atoms with Gasteiger partial charge in [0.1, 0.15) is 17.0 Å². The van der Waals surface area contributed by atoms with Crippen molar-refractivity contribution in [2.45, 2.75) is 13.0 Å². The molecule has 0 bridgehead atoms. The van der Waals surface area contributed by atoms with Crippen LogP contribution in [0.4, 0.5) is 5.13 Å². The lowest BCUT2D eigenvalue weighted by atomic mass is 10.1. The van der Waals surface area contributed by atoms with Crippen molar-refractivity contribution in [3.05, 3.63) is 66.1 Å². The molecule has 4 aromatic rings. The largest absolute Gasteiger partial charge is 0.494 e. The van der Waals surface area contributed by atoms with Gasteiger partial charge in [-0.1, -0.05) is 23.5 Å². The molecule has 2 aromatic heterocycles. The van der Waals surface area contributed by atoms with Crippen LogP contribution in [-0.4, -0.2) is 24.8 Å². The maximum atomic E-state index is 13.3. The number of fused-ring (bicyclic) bond motifs is 2. The van der Waals surface area contributed by atoms with Gasteiger partial charge < -0.3 is 18.6 Å². The molecule has 0 spiro atoms. The molecule has 2 aromatic carbocycles. The van der Waals surface area contributed by atoms with E-state index >= 15 is 0 Å². The van der Waals surface area contributed by atoms with Crippen molar-refractivity contribution in [1.29, 1.82) is 0 Å². The summed E-state index contributed by atoms with van der Waals surface area (Å²) in [6.07, 6.45) is 1.79. The van der Waals surface area contributed by atoms with Crippen LogP contribution in [0, 0.1) is 0 Å². The molecule has 0 aliphatic carbocycles. The van der Waals surface area contributed by atoms with Gasteiger partial charge in [-0.3, -0.25) is 9.69 Å². The fraction of sp³-hybridized carbons (Fsp3) is 0.182. The second-order valence-electron chi connectivity index (χ2n) is 6.73. The molecule has 1 amide bonds. The molecule has 8 heteroatoms. The molecule has 0 atom stereocenters. The van der Waals surface area contributed by atoms with E-state index in [4.69, 9.17) is 23.6 Å². The Balaban J connectivity index is 1.48. The molecule has 1 aliphatic rings. The monoisotopic (exact) mass is 422 g/mol. The number of amides is 1. The van der Waals surface area contributed by atoms with Crippen LogP contribution < -0.4 is 19.1 Å². The average Bonchev–Trinajstić information content (AvgIpc) is 3.51. The number of carbonyl (C=O) groups excluding carboxylic acids is 1. The molecule has 5 rings (SSSR count). The zero-order valence-electron chi connectivity index (χ0n) is 16.2. The van der Waals surface area contributed by atoms with Gasteiger partial charge in [-0.05, 0) is 42.0 Å². The Bertz CT molecular complexity index is 1200. The van der Waals surface area contributed by atoms with E-state index in [-0.39, 0.29) is 19.1 Å². The highest BCUT2D eigenvalue weighted by atomic mass is 32.1. The van der Waals surface area contributed by atoms with Crippen LogP contribution in [0.3, 0.4) is 0 Å². The lowest BCUT2D eigenvalue weighted by molar-refractivity contribution is -0.118. The molecule has 0 saturated heterocycles. The second kappa shape index (κ2) is 7.72. The van der Waals surface area contributed by atoms with Crippen LogP contribution in [0.2, 0.25) is 0 Å². The highest BCUT2D eigenvalue weighted by Gasteiger charge is 2.23. The van der Waals surface area contributed by atoms with Gasteiger partial charge in [0.15, 0.2) is 16.6 Å². The SMILES string of the molecule is COc1cccc2sc(N(Cc3ccco3)C(=O)Cc3ccc4c(c3)OCO4)nc12. The van der Waals surface area contributed by atoms with E-state index in [1.54, 1.807) is 24.3 Å². The van der Waals surface area contributed by atoms with Crippen molar-refractivity contribution < 1.29 is 23.4 Å². The highest BCUT2D eigenvalue weighted by Crippen LogP contribution is 2.36. The molecule has 0 fully saturated rings. The number of hydrogen-bond donors (Lipinski definition) is 0. The summed E-state index contributed by atoms with van der Waals surface area (Å²) < 4.78 is 22.6. The summed E-state index contributed by atoms with van der Waals surface area (Å²) in [7, 11) is 1.61. The number of furan rings is 1. The summed E-state index contributed by atoms with van der Waals surface area (Å²) in [5, 5.41) is 0.594. The van der Waals surface area contributed by atoms with Crippen molar-refractivity contribution in [3.63, 3.8) is 0 Å². The topological polar surface area (TPSA) is 74.0 Å². The van der Waals surface area contributed by atoms with Gasteiger partial charge in [-0.15, -0.1) is 0 Å². The van der Waals surface area contributed by atoms with Crippen molar-refractivity contribution in [2.24, 2.45) is 0 Å². The Morgan fingerprint density at radius 3 is 2.90 bits per heavy atom. The third-order valence-corrected chi connectivity index (χ3v) is 5.85. The number of benzene rings is 2. The molecule has 0 saturated carbocycles. The zero-order valence-corrected chi connectivity index (χ0v) is 17.0. The van der Waals surface area contributed by atoms with Gasteiger partial charge in [0, 0.05) is 0 Å². The van der Waals surface area contributed by atoms with Crippen molar-refractivity contribution in [3.8, 4) is 17.2 Å². The Labute approximate surface area is 176 Å². The molecular weight excluding hydrogens is 404 g/mol. The van der Waals surface area contributed by atoms with Crippen LogP contribution >= 0.6 is 11.3 Å². The smallest absolute Gasteiger partial charge is 0.233 e. The summed E-state index contributed by atoms with van der Waals surface area (Å²) in [5.74, 6) is 2.61. The Hall–Kier alpha value is -3.52. The number of para-hydroxylation sites is 1. The van der Waals surface area contributed by atoms with Crippen molar-refractivity contribution in [2.75, 3.05) is 18.8 Å². The number of thiazole rings is 1. The number of carbonyl (C=O) groups is 1. The van der Waals surface area contributed by atoms with E-state index in [1.807, 2.05) is 42.5 Å². The lowest BCUT2D eigenvalue weighted by Crippen LogP contribution is -2.31. The van der Waals surface area contributed by atoms with Gasteiger partial charge in [0.2, 0.25) is 12.7 Å². The molecule has 3 heterocycles. The fourth-order valence-electron chi connectivity index (χ4n) is 3.33. The summed E-state index contributed by atoms with van der Waals surface area (Å²) in [4.78, 5) is 19.7. The molecule has 0 radical (unpaired) electrons. The first-order chi connectivity index (χ1) is 14.7. The minimum absolute atomic E-state index is 0.0942. The van der Waals surface area contributed by atoms with Crippen LogP contribution in [0.25, 0.3) is 10.2 Å². The third-order valence-electron chi connectivity index (χ3n) is 4.81. The van der Waals surface area contributed by atoms with Crippen molar-refractivity contribution in [1.82, 2.24) is 4.98 Å². The van der Waals surface area contributed by atoms with E-state index in [2.05, 4.69) is 0 Å². The standard InChI is InChI=1S/C22H18N2O5S/c1-26-17-5-2-6-19-21(17)23-22(30-19)24(12-15-4-3-9-27-15)20(25)11-14-7-8-16-18(10-14)29-13-28-16/h2-10H,11-13H2,1H3. The van der Waals surface area contributed by atoms with E-state index in [1.165, 1.54) is 11.3 Å². The number of anilines is 1. The van der Waals surface area contributed by atoms with Gasteiger partial charge in [0.05, 0.1) is 31.0 Å². The number of nitrogens with zero attached hydrogens (tertiary/aromatic N) is 2. The second-order valence-corrected chi connectivity index (χ2v) is 7.74. The van der Waals surface area contributed by atoms with Crippen LogP contribution in [-0.2, 0) is 17.8 Å². The van der Waals surface area contributed by atoms with Gasteiger partial charge >= 0.3 is 0 Å². The molecule has 152 valence electrons. The van der Waals surface area contributed by atoms with E-state index in [0.717, 1.165) is 15.8 Å². The number of hydrogen-bond acceptors (Lipinski definition) is 7. The number of methoxy groups -OCH3 is 1. The lowest BCUT2D eigenvalue weighted by Gasteiger charge is -2.19. The Morgan fingerprint density at radius 1 is 1.17 bits per heavy atom. The predicted octanol–water partition coefficient (Wildman–Crippen LogP) is 4.40. The van der Waals surface area contributed by atoms with Crippen molar-refractivity contribution >= 4 is 32.6 Å². The van der Waals surface area contributed by atoms with Crippen LogP contribution in [0.1, 0.15) is 11.3 Å². The minimum atomic E-state index is -0.0942. The summed E-state index contributed by atoms with van der Waals surface area (Å²) in [6.45, 7) is 0.489. The molecular formula is C22H18N2O5S. The van der Waals surface area contributed by atoms with Crippen LogP contribution in [0.5, 0.6) is 17.2 Å². The van der Waals surface area contributed by atoms with E-state index in [9.17, 15) is 4.79 Å². The average molecular weight is 422 g/mol. The van der Waals surface area contributed by atoms with Gasteiger partial charge in [0.25, 0.3) is 0 Å². The zero-order chi connectivity index (χ0) is 20.5. The predicted molar refractivity (Wildman–Crippen MR) is 112 cm³/mol. The molecule has 0 N–H and O–H groups in total. The van der Waals surface area contributed by atoms with E-state index < -0.39 is 0 Å². The molecule has 7 nitrogen and oxygen atoms in total. The quantitative estimate of drug-likeness (QED) is 0.458. The van der Waals surface area contributed by atoms with E-state index in [0.29, 0.717) is 34.7 Å². The minimum Gasteiger partial charge on any atom is -0.494 e. The molecule has 0 unspecified atom stereocenters. The number of ether oxygens (including phenoxy) is 3. The first-order valence-corrected chi connectivity index (χ1v) is 10.2. The summed E-state index contributed by atoms with van der Waals surface area (Å²) >= 11 is 1.44. The third kappa shape index (κ3) is 3.46. The van der Waals surface area contributed by atoms with Crippen LogP contribution in [0.15, 0.2) is 59.2 Å². The Morgan fingerprint density at radius 2 is 2.07 bits per heavy atom. The summed E-state index contributed by atoms with van der Waals surface area (Å²) in [6, 6.07) is 14.9. The normalized spacial score (nSPS) is 12.3. The first-order valence-electron chi connectivity index (χ1n) is 9.36. The van der Waals surface area contributed by atoms with Gasteiger partial charge in [-0.25, -0.2) is 4.98 Å².